The molecule has 2 aromatic heterocycles. The number of hydrogen-bond acceptors (Lipinski definition) is 6. The first-order chi connectivity index (χ1) is 15.0. The molecule has 200 valence electrons. The molecule has 0 bridgehead atoms. The fraction of sp³-hybridized carbons (Fsp3) is 0.625. The number of halogens is 6. The smallest absolute Gasteiger partial charge is 0.485 e. The highest BCUT2D eigenvalue weighted by atomic mass is 32.2. The normalized spacial score (nSPS) is 11.9. The van der Waals surface area contributed by atoms with Crippen LogP contribution in [0.1, 0.15) is 25.5 Å². The summed E-state index contributed by atoms with van der Waals surface area (Å²) >= 11 is 0. The van der Waals surface area contributed by atoms with E-state index < -0.39 is 31.3 Å². The molecule has 0 spiro atoms. The van der Waals surface area contributed by atoms with E-state index in [1.165, 1.54) is 11.6 Å². The summed E-state index contributed by atoms with van der Waals surface area (Å²) in [5.41, 5.74) is -11.3. The van der Waals surface area contributed by atoms with Crippen molar-refractivity contribution in [2.24, 2.45) is 14.1 Å². The standard InChI is InChI=1S/2C7H13N2.2CHF3O3S/c2*1-4-9-6-5-8(3)7(9)2;2*2-1(3,4)8(5,6)7/h2*5-6H,4H2,1-3H3;2*(H,5,6,7)/q2*+1;;/p-2. The fourth-order valence-electron chi connectivity index (χ4n) is 1.87. The van der Waals surface area contributed by atoms with E-state index in [0.29, 0.717) is 0 Å². The number of imidazole rings is 2. The summed E-state index contributed by atoms with van der Waals surface area (Å²) < 4.78 is 126. The van der Waals surface area contributed by atoms with Gasteiger partial charge in [-0.25, -0.2) is 35.1 Å². The second-order valence-electron chi connectivity index (χ2n) is 6.28. The van der Waals surface area contributed by atoms with Crippen LogP contribution in [0.5, 0.6) is 0 Å². The van der Waals surface area contributed by atoms with Gasteiger partial charge in [-0.15, -0.1) is 0 Å². The summed E-state index contributed by atoms with van der Waals surface area (Å²) in [7, 11) is -8.07. The van der Waals surface area contributed by atoms with Crippen molar-refractivity contribution >= 4 is 20.2 Å². The Morgan fingerprint density at radius 2 is 0.941 bits per heavy atom. The first-order valence-corrected chi connectivity index (χ1v) is 11.9. The summed E-state index contributed by atoms with van der Waals surface area (Å²) in [6, 6.07) is 0. The molecule has 0 saturated heterocycles. The van der Waals surface area contributed by atoms with Crippen molar-refractivity contribution in [1.82, 2.24) is 9.13 Å². The molecule has 2 heterocycles. The Hall–Kier alpha value is -2.18. The number of hydrogen-bond donors (Lipinski definition) is 0. The van der Waals surface area contributed by atoms with E-state index in [-0.39, 0.29) is 0 Å². The molecule has 0 atom stereocenters. The molecule has 0 aliphatic rings. The van der Waals surface area contributed by atoms with Gasteiger partial charge in [0.2, 0.25) is 0 Å². The predicted octanol–water partition coefficient (Wildman–Crippen LogP) is 1.38. The van der Waals surface area contributed by atoms with E-state index in [0.717, 1.165) is 13.1 Å². The van der Waals surface area contributed by atoms with E-state index >= 15 is 0 Å². The lowest BCUT2D eigenvalue weighted by Gasteiger charge is -2.08. The quantitative estimate of drug-likeness (QED) is 0.241. The van der Waals surface area contributed by atoms with E-state index in [9.17, 15) is 26.3 Å². The topological polar surface area (TPSA) is 132 Å². The van der Waals surface area contributed by atoms with Crippen molar-refractivity contribution in [2.75, 3.05) is 0 Å². The Morgan fingerprint density at radius 3 is 1.00 bits per heavy atom. The maximum absolute atomic E-state index is 10.7. The van der Waals surface area contributed by atoms with Crippen LogP contribution in [0.2, 0.25) is 0 Å². The fourth-order valence-corrected chi connectivity index (χ4v) is 1.87. The van der Waals surface area contributed by atoms with E-state index in [1.54, 1.807) is 0 Å². The summed E-state index contributed by atoms with van der Waals surface area (Å²) in [6.45, 7) is 10.6. The van der Waals surface area contributed by atoms with Crippen molar-refractivity contribution in [2.45, 2.75) is 51.8 Å². The Kier molecular flexibility index (Phi) is 13.0. The molecular weight excluding hydrogens is 522 g/mol. The van der Waals surface area contributed by atoms with Crippen LogP contribution in [-0.2, 0) is 47.4 Å². The Labute approximate surface area is 193 Å². The van der Waals surface area contributed by atoms with Gasteiger partial charge >= 0.3 is 11.0 Å². The predicted molar refractivity (Wildman–Crippen MR) is 104 cm³/mol. The molecule has 2 aromatic rings. The van der Waals surface area contributed by atoms with Crippen molar-refractivity contribution in [3.05, 3.63) is 36.4 Å². The summed E-state index contributed by atoms with van der Waals surface area (Å²) in [4.78, 5) is 0. The highest BCUT2D eigenvalue weighted by Gasteiger charge is 2.37. The number of rotatable bonds is 2. The van der Waals surface area contributed by atoms with E-state index in [2.05, 4.69) is 84.8 Å². The number of nitrogens with zero attached hydrogens (tertiary/aromatic N) is 4. The Morgan fingerprint density at radius 1 is 0.735 bits per heavy atom. The zero-order valence-electron chi connectivity index (χ0n) is 19.0. The van der Waals surface area contributed by atoms with Crippen LogP contribution in [0.4, 0.5) is 26.3 Å². The van der Waals surface area contributed by atoms with Crippen LogP contribution in [0.3, 0.4) is 0 Å². The lowest BCUT2D eigenvalue weighted by molar-refractivity contribution is -0.677. The molecular formula is C16H26F6N4O6S2. The molecule has 0 N–H and O–H groups in total. The van der Waals surface area contributed by atoms with Crippen LogP contribution in [0, 0.1) is 13.8 Å². The second kappa shape index (κ2) is 13.1. The number of aryl methyl sites for hydroxylation is 4. The van der Waals surface area contributed by atoms with Gasteiger partial charge in [-0.1, -0.05) is 0 Å². The molecule has 0 fully saturated rings. The third-order valence-electron chi connectivity index (χ3n) is 4.04. The van der Waals surface area contributed by atoms with Gasteiger partial charge in [0.15, 0.2) is 20.2 Å². The Balaban J connectivity index is 0. The van der Waals surface area contributed by atoms with Gasteiger partial charge in [-0.3, -0.25) is 0 Å². The van der Waals surface area contributed by atoms with Crippen molar-refractivity contribution in [3.63, 3.8) is 0 Å². The van der Waals surface area contributed by atoms with Gasteiger partial charge in [0.1, 0.15) is 24.8 Å². The maximum atomic E-state index is 10.7. The van der Waals surface area contributed by atoms with Crippen molar-refractivity contribution in [1.29, 1.82) is 0 Å². The van der Waals surface area contributed by atoms with Crippen molar-refractivity contribution < 1.29 is 61.4 Å². The molecule has 18 heteroatoms. The SMILES string of the molecule is CCn1cc[n+](C)c1C.CCn1cc[n+](C)c1C.O=S(=O)([O-])C(F)(F)F.O=S(=O)([O-])C(F)(F)F. The lowest BCUT2D eigenvalue weighted by atomic mass is 10.6. The minimum Gasteiger partial charge on any atom is -0.741 e. The van der Waals surface area contributed by atoms with Crippen LogP contribution in [0.15, 0.2) is 24.8 Å². The van der Waals surface area contributed by atoms with Crippen LogP contribution >= 0.6 is 0 Å². The molecule has 0 aromatic carbocycles. The van der Waals surface area contributed by atoms with E-state index in [4.69, 9.17) is 25.9 Å². The molecule has 34 heavy (non-hydrogen) atoms. The van der Waals surface area contributed by atoms with Gasteiger partial charge < -0.3 is 9.11 Å². The largest absolute Gasteiger partial charge is 0.741 e. The average molecular weight is 549 g/mol. The maximum Gasteiger partial charge on any atom is 0.485 e. The molecule has 0 amide bonds. The molecule has 0 saturated carbocycles. The minimum absolute atomic E-state index is 1.06. The van der Waals surface area contributed by atoms with Gasteiger partial charge in [0.05, 0.1) is 27.2 Å². The lowest BCUT2D eigenvalue weighted by Crippen LogP contribution is -2.29. The highest BCUT2D eigenvalue weighted by molar-refractivity contribution is 7.86. The van der Waals surface area contributed by atoms with Gasteiger partial charge in [-0.2, -0.15) is 26.3 Å². The van der Waals surface area contributed by atoms with Gasteiger partial charge in [0, 0.05) is 13.8 Å². The van der Waals surface area contributed by atoms with Crippen molar-refractivity contribution in [3.8, 4) is 0 Å². The molecule has 0 radical (unpaired) electrons. The molecule has 10 nitrogen and oxygen atoms in total. The van der Waals surface area contributed by atoms with Crippen LogP contribution in [0.25, 0.3) is 0 Å². The third kappa shape index (κ3) is 11.8. The zero-order valence-corrected chi connectivity index (χ0v) is 20.7. The Bertz CT molecular complexity index is 1020. The monoisotopic (exact) mass is 548 g/mol. The zero-order chi connectivity index (χ0) is 27.7. The molecule has 0 unspecified atom stereocenters. The average Bonchev–Trinajstić information content (AvgIpc) is 3.15. The van der Waals surface area contributed by atoms with Crippen LogP contribution < -0.4 is 9.13 Å². The third-order valence-corrected chi connectivity index (χ3v) is 5.17. The summed E-state index contributed by atoms with van der Waals surface area (Å²) in [6.07, 6.45) is 8.32. The van der Waals surface area contributed by atoms with E-state index in [1.807, 2.05) is 0 Å². The number of aromatic nitrogens is 4. The van der Waals surface area contributed by atoms with Gasteiger partial charge in [-0.05, 0) is 13.8 Å². The van der Waals surface area contributed by atoms with Gasteiger partial charge in [0.25, 0.3) is 11.6 Å². The highest BCUT2D eigenvalue weighted by Crippen LogP contribution is 2.21. The molecule has 2 rings (SSSR count). The summed E-state index contributed by atoms with van der Waals surface area (Å²) in [5.74, 6) is 2.61. The summed E-state index contributed by atoms with van der Waals surface area (Å²) in [5, 5.41) is 0. The van der Waals surface area contributed by atoms with Crippen LogP contribution in [-0.4, -0.2) is 46.1 Å². The first kappa shape index (κ1) is 34.0. The molecule has 0 aliphatic heterocycles. The molecule has 0 aliphatic carbocycles. The second-order valence-corrected chi connectivity index (χ2v) is 9.03. The number of alkyl halides is 6. The minimum atomic E-state index is -6.09. The first-order valence-electron chi connectivity index (χ1n) is 9.08.